The van der Waals surface area contributed by atoms with Crippen LogP contribution in [-0.4, -0.2) is 16.7 Å². The van der Waals surface area contributed by atoms with Gasteiger partial charge in [-0.05, 0) is 41.3 Å². The molecule has 0 aliphatic heterocycles. The van der Waals surface area contributed by atoms with Gasteiger partial charge in [0.05, 0.1) is 11.3 Å². The Morgan fingerprint density at radius 2 is 1.67 bits per heavy atom. The molecule has 0 spiro atoms. The van der Waals surface area contributed by atoms with Crippen molar-refractivity contribution in [1.29, 1.82) is 0 Å². The van der Waals surface area contributed by atoms with Gasteiger partial charge >= 0.3 is 0 Å². The van der Waals surface area contributed by atoms with E-state index in [1.807, 2.05) is 42.5 Å². The molecule has 0 heterocycles. The number of amides is 1. The molecule has 3 aromatic carbocycles. The van der Waals surface area contributed by atoms with Crippen LogP contribution >= 0.6 is 0 Å². The second-order valence-corrected chi connectivity index (χ2v) is 5.87. The van der Waals surface area contributed by atoms with Crippen LogP contribution in [0.4, 0.5) is 0 Å². The molecular weight excluding hydrogens is 300 g/mol. The summed E-state index contributed by atoms with van der Waals surface area (Å²) in [6.07, 6.45) is 1.75. The number of hydrogen-bond acceptors (Lipinski definition) is 3. The average Bonchev–Trinajstić information content (AvgIpc) is 3.02. The van der Waals surface area contributed by atoms with E-state index in [-0.39, 0.29) is 11.3 Å². The number of rotatable bonds is 2. The first-order valence-electron chi connectivity index (χ1n) is 7.89. The number of carbonyl (C=O) groups excluding carboxylic acids is 1. The van der Waals surface area contributed by atoms with E-state index >= 15 is 0 Å². The SMILES string of the molecule is O=C(NN=C1CCc2ccccc21)c1cc2ccccc2cc1O. The van der Waals surface area contributed by atoms with Crippen LogP contribution in [0.15, 0.2) is 65.8 Å². The highest BCUT2D eigenvalue weighted by molar-refractivity contribution is 6.06. The summed E-state index contributed by atoms with van der Waals surface area (Å²) in [5, 5.41) is 16.2. The lowest BCUT2D eigenvalue weighted by Gasteiger charge is -2.06. The zero-order chi connectivity index (χ0) is 16.5. The molecule has 0 aromatic heterocycles. The fourth-order valence-corrected chi connectivity index (χ4v) is 3.11. The summed E-state index contributed by atoms with van der Waals surface area (Å²) in [4.78, 5) is 12.4. The van der Waals surface area contributed by atoms with Crippen molar-refractivity contribution in [2.75, 3.05) is 0 Å². The molecule has 0 saturated carbocycles. The molecule has 4 heteroatoms. The van der Waals surface area contributed by atoms with E-state index in [1.54, 1.807) is 12.1 Å². The van der Waals surface area contributed by atoms with Crippen LogP contribution in [0, 0.1) is 0 Å². The zero-order valence-electron chi connectivity index (χ0n) is 13.0. The Morgan fingerprint density at radius 1 is 0.958 bits per heavy atom. The number of carbonyl (C=O) groups is 1. The largest absolute Gasteiger partial charge is 0.507 e. The van der Waals surface area contributed by atoms with Gasteiger partial charge in [0.1, 0.15) is 5.75 Å². The lowest BCUT2D eigenvalue weighted by molar-refractivity contribution is 0.0952. The van der Waals surface area contributed by atoms with Gasteiger partial charge in [-0.25, -0.2) is 5.43 Å². The van der Waals surface area contributed by atoms with Gasteiger partial charge in [-0.1, -0.05) is 48.5 Å². The molecule has 2 N–H and O–H groups in total. The smallest absolute Gasteiger partial charge is 0.275 e. The molecule has 0 radical (unpaired) electrons. The monoisotopic (exact) mass is 316 g/mol. The maximum absolute atomic E-state index is 12.4. The number of phenols is 1. The highest BCUT2D eigenvalue weighted by atomic mass is 16.3. The van der Waals surface area contributed by atoms with E-state index in [4.69, 9.17) is 0 Å². The van der Waals surface area contributed by atoms with E-state index in [0.717, 1.165) is 34.9 Å². The number of aromatic hydroxyl groups is 1. The summed E-state index contributed by atoms with van der Waals surface area (Å²) in [6.45, 7) is 0. The second-order valence-electron chi connectivity index (χ2n) is 5.87. The predicted molar refractivity (Wildman–Crippen MR) is 94.4 cm³/mol. The first-order valence-corrected chi connectivity index (χ1v) is 7.89. The molecule has 1 aliphatic rings. The Bertz CT molecular complexity index is 976. The topological polar surface area (TPSA) is 61.7 Å². The molecule has 1 amide bonds. The molecule has 3 aromatic rings. The van der Waals surface area contributed by atoms with E-state index in [9.17, 15) is 9.90 Å². The van der Waals surface area contributed by atoms with Crippen molar-refractivity contribution in [3.8, 4) is 5.75 Å². The van der Waals surface area contributed by atoms with Crippen LogP contribution in [0.2, 0.25) is 0 Å². The third kappa shape index (κ3) is 2.52. The number of nitrogens with one attached hydrogen (secondary N) is 1. The maximum Gasteiger partial charge on any atom is 0.275 e. The maximum atomic E-state index is 12.4. The minimum Gasteiger partial charge on any atom is -0.507 e. The number of hydrogen-bond donors (Lipinski definition) is 2. The number of phenolic OH excluding ortho intramolecular Hbond substituents is 1. The number of hydrazone groups is 1. The lowest BCUT2D eigenvalue weighted by Crippen LogP contribution is -2.19. The Labute approximate surface area is 139 Å². The van der Waals surface area contributed by atoms with E-state index in [2.05, 4.69) is 16.6 Å². The van der Waals surface area contributed by atoms with Gasteiger partial charge in [0.15, 0.2) is 0 Å². The molecular formula is C20H16N2O2. The van der Waals surface area contributed by atoms with Crippen LogP contribution in [0.5, 0.6) is 5.75 Å². The Hall–Kier alpha value is -3.14. The summed E-state index contributed by atoms with van der Waals surface area (Å²) in [5.74, 6) is -0.451. The van der Waals surface area contributed by atoms with Crippen LogP contribution < -0.4 is 5.43 Å². The Morgan fingerprint density at radius 3 is 2.50 bits per heavy atom. The zero-order valence-corrected chi connectivity index (χ0v) is 13.0. The fraction of sp³-hybridized carbons (Fsp3) is 0.100. The van der Waals surface area contributed by atoms with Gasteiger partial charge in [0.2, 0.25) is 0 Å². The Balaban J connectivity index is 1.61. The van der Waals surface area contributed by atoms with Crippen molar-refractivity contribution in [2.24, 2.45) is 5.10 Å². The van der Waals surface area contributed by atoms with Gasteiger partial charge in [-0.2, -0.15) is 5.10 Å². The summed E-state index contributed by atoms with van der Waals surface area (Å²) < 4.78 is 0. The van der Waals surface area contributed by atoms with Gasteiger partial charge in [0, 0.05) is 5.56 Å². The van der Waals surface area contributed by atoms with Crippen LogP contribution in [-0.2, 0) is 6.42 Å². The lowest BCUT2D eigenvalue weighted by atomic mass is 10.1. The van der Waals surface area contributed by atoms with Crippen molar-refractivity contribution >= 4 is 22.4 Å². The number of nitrogens with zero attached hydrogens (tertiary/aromatic N) is 1. The van der Waals surface area contributed by atoms with Crippen molar-refractivity contribution < 1.29 is 9.90 Å². The van der Waals surface area contributed by atoms with Crippen LogP contribution in [0.1, 0.15) is 27.9 Å². The third-order valence-electron chi connectivity index (χ3n) is 4.36. The van der Waals surface area contributed by atoms with Gasteiger partial charge in [-0.15, -0.1) is 0 Å². The standard InChI is InChI=1S/C20H16N2O2/c23-19-12-15-7-2-1-6-14(15)11-17(19)20(24)22-21-18-10-9-13-5-3-4-8-16(13)18/h1-8,11-12,23H,9-10H2,(H,22,24). The van der Waals surface area contributed by atoms with E-state index in [0.29, 0.717) is 0 Å². The predicted octanol–water partition coefficient (Wildman–Crippen LogP) is 3.63. The number of aryl methyl sites for hydroxylation is 1. The quantitative estimate of drug-likeness (QED) is 0.709. The second kappa shape index (κ2) is 5.81. The molecule has 0 fully saturated rings. The highest BCUT2D eigenvalue weighted by Gasteiger charge is 2.18. The minimum atomic E-state index is -0.407. The number of fused-ring (bicyclic) bond motifs is 2. The summed E-state index contributed by atoms with van der Waals surface area (Å²) >= 11 is 0. The van der Waals surface area contributed by atoms with Gasteiger partial charge in [0.25, 0.3) is 5.91 Å². The van der Waals surface area contributed by atoms with Gasteiger partial charge < -0.3 is 5.11 Å². The molecule has 118 valence electrons. The minimum absolute atomic E-state index is 0.0433. The summed E-state index contributed by atoms with van der Waals surface area (Å²) in [5.41, 5.74) is 6.01. The van der Waals surface area contributed by atoms with Crippen molar-refractivity contribution in [1.82, 2.24) is 5.43 Å². The first kappa shape index (κ1) is 14.5. The van der Waals surface area contributed by atoms with Crippen molar-refractivity contribution in [2.45, 2.75) is 12.8 Å². The van der Waals surface area contributed by atoms with Crippen molar-refractivity contribution in [3.05, 3.63) is 77.4 Å². The molecule has 24 heavy (non-hydrogen) atoms. The fourth-order valence-electron chi connectivity index (χ4n) is 3.11. The third-order valence-corrected chi connectivity index (χ3v) is 4.36. The molecule has 0 atom stereocenters. The average molecular weight is 316 g/mol. The molecule has 0 unspecified atom stereocenters. The summed E-state index contributed by atoms with van der Waals surface area (Å²) in [6, 6.07) is 18.9. The number of benzene rings is 3. The van der Waals surface area contributed by atoms with E-state index < -0.39 is 5.91 Å². The molecule has 4 rings (SSSR count). The van der Waals surface area contributed by atoms with Crippen LogP contribution in [0.3, 0.4) is 0 Å². The molecule has 4 nitrogen and oxygen atoms in total. The van der Waals surface area contributed by atoms with Crippen molar-refractivity contribution in [3.63, 3.8) is 0 Å². The van der Waals surface area contributed by atoms with Crippen LogP contribution in [0.25, 0.3) is 10.8 Å². The molecule has 0 saturated heterocycles. The Kier molecular flexibility index (Phi) is 3.50. The molecule has 1 aliphatic carbocycles. The van der Waals surface area contributed by atoms with Gasteiger partial charge in [-0.3, -0.25) is 4.79 Å². The molecule has 0 bridgehead atoms. The highest BCUT2D eigenvalue weighted by Crippen LogP contribution is 2.25. The summed E-state index contributed by atoms with van der Waals surface area (Å²) in [7, 11) is 0. The van der Waals surface area contributed by atoms with E-state index in [1.165, 1.54) is 5.56 Å². The first-order chi connectivity index (χ1) is 11.7. The normalized spacial score (nSPS) is 14.8.